The second-order valence-electron chi connectivity index (χ2n) is 4.48. The van der Waals surface area contributed by atoms with Crippen LogP contribution in [0.25, 0.3) is 0 Å². The van der Waals surface area contributed by atoms with E-state index in [4.69, 9.17) is 4.42 Å². The molecule has 2 rings (SSSR count). The van der Waals surface area contributed by atoms with Gasteiger partial charge in [-0.05, 0) is 31.2 Å². The van der Waals surface area contributed by atoms with Gasteiger partial charge in [0.05, 0.1) is 11.2 Å². The molecule has 0 aliphatic heterocycles. The van der Waals surface area contributed by atoms with E-state index in [1.165, 1.54) is 6.07 Å². The molecule has 0 spiro atoms. The molecule has 6 heteroatoms. The second kappa shape index (κ2) is 6.01. The van der Waals surface area contributed by atoms with Crippen LogP contribution >= 0.6 is 0 Å². The van der Waals surface area contributed by atoms with Gasteiger partial charge in [0.1, 0.15) is 17.7 Å². The van der Waals surface area contributed by atoms with Crippen LogP contribution in [-0.2, 0) is 6.42 Å². The molecule has 20 heavy (non-hydrogen) atoms. The molecule has 0 fully saturated rings. The van der Waals surface area contributed by atoms with E-state index >= 15 is 0 Å². The summed E-state index contributed by atoms with van der Waals surface area (Å²) in [5.41, 5.74) is 0.557. The zero-order chi connectivity index (χ0) is 14.5. The van der Waals surface area contributed by atoms with Gasteiger partial charge < -0.3 is 9.73 Å². The van der Waals surface area contributed by atoms with E-state index in [-0.39, 0.29) is 17.3 Å². The van der Waals surface area contributed by atoms with Gasteiger partial charge in [0, 0.05) is 24.1 Å². The zero-order valence-electron chi connectivity index (χ0n) is 10.9. The first-order chi connectivity index (χ1) is 9.60. The maximum atomic E-state index is 11.0. The number of carbonyl (C=O) groups excluding carboxylic acids is 1. The lowest BCUT2D eigenvalue weighted by molar-refractivity contribution is -0.384. The normalized spacial score (nSPS) is 11.8. The van der Waals surface area contributed by atoms with Crippen molar-refractivity contribution in [1.82, 2.24) is 0 Å². The van der Waals surface area contributed by atoms with E-state index in [2.05, 4.69) is 5.32 Å². The summed E-state index contributed by atoms with van der Waals surface area (Å²) in [6.07, 6.45) is 2.78. The summed E-state index contributed by atoms with van der Waals surface area (Å²) in [5.74, 6) is 0.803. The number of benzene rings is 1. The van der Waals surface area contributed by atoms with Crippen molar-refractivity contribution in [2.24, 2.45) is 0 Å². The van der Waals surface area contributed by atoms with Gasteiger partial charge >= 0.3 is 0 Å². The maximum Gasteiger partial charge on any atom is 0.293 e. The standard InChI is InChI=1S/C14H14N2O4/c1-10(7-12-3-2-6-20-12)15-13-5-4-11(9-17)8-14(13)16(18)19/h2-6,8-10,15H,7H2,1H3. The molecule has 1 N–H and O–H groups in total. The summed E-state index contributed by atoms with van der Waals surface area (Å²) in [6.45, 7) is 1.90. The highest BCUT2D eigenvalue weighted by Crippen LogP contribution is 2.26. The Morgan fingerprint density at radius 1 is 1.45 bits per heavy atom. The van der Waals surface area contributed by atoms with Crippen LogP contribution in [-0.4, -0.2) is 17.3 Å². The third-order valence-corrected chi connectivity index (χ3v) is 2.84. The molecule has 104 valence electrons. The number of hydrogen-bond donors (Lipinski definition) is 1. The Morgan fingerprint density at radius 3 is 2.85 bits per heavy atom. The molecule has 1 unspecified atom stereocenters. The third-order valence-electron chi connectivity index (χ3n) is 2.84. The summed E-state index contributed by atoms with van der Waals surface area (Å²) in [7, 11) is 0. The fourth-order valence-corrected chi connectivity index (χ4v) is 1.94. The van der Waals surface area contributed by atoms with Crippen molar-refractivity contribution >= 4 is 17.7 Å². The number of carbonyl (C=O) groups is 1. The Morgan fingerprint density at radius 2 is 2.25 bits per heavy atom. The van der Waals surface area contributed by atoms with Crippen LogP contribution in [0.1, 0.15) is 23.0 Å². The van der Waals surface area contributed by atoms with Crippen LogP contribution < -0.4 is 5.32 Å². The number of hydrogen-bond acceptors (Lipinski definition) is 5. The van der Waals surface area contributed by atoms with Crippen molar-refractivity contribution in [2.75, 3.05) is 5.32 Å². The number of anilines is 1. The van der Waals surface area contributed by atoms with Crippen LogP contribution in [0.3, 0.4) is 0 Å². The minimum atomic E-state index is -0.505. The average Bonchev–Trinajstić information content (AvgIpc) is 2.91. The lowest BCUT2D eigenvalue weighted by Crippen LogP contribution is -2.18. The summed E-state index contributed by atoms with van der Waals surface area (Å²) in [5, 5.41) is 14.1. The molecule has 0 bridgehead atoms. The predicted molar refractivity (Wildman–Crippen MR) is 74.0 cm³/mol. The van der Waals surface area contributed by atoms with Gasteiger partial charge in [0.2, 0.25) is 0 Å². The molecule has 1 aromatic heterocycles. The molecule has 0 amide bonds. The van der Waals surface area contributed by atoms with Crippen LogP contribution in [0.15, 0.2) is 41.0 Å². The first-order valence-electron chi connectivity index (χ1n) is 6.12. The summed E-state index contributed by atoms with van der Waals surface area (Å²) < 4.78 is 5.24. The van der Waals surface area contributed by atoms with E-state index < -0.39 is 4.92 Å². The molecular weight excluding hydrogens is 260 g/mol. The van der Waals surface area contributed by atoms with Gasteiger partial charge in [-0.3, -0.25) is 14.9 Å². The van der Waals surface area contributed by atoms with Crippen molar-refractivity contribution in [3.05, 3.63) is 58.0 Å². The number of nitrogens with one attached hydrogen (secondary N) is 1. The topological polar surface area (TPSA) is 85.4 Å². The third kappa shape index (κ3) is 3.23. The van der Waals surface area contributed by atoms with Gasteiger partial charge in [0.15, 0.2) is 0 Å². The smallest absolute Gasteiger partial charge is 0.293 e. The molecule has 6 nitrogen and oxygen atoms in total. The lowest BCUT2D eigenvalue weighted by Gasteiger charge is -2.14. The molecule has 0 aliphatic carbocycles. The van der Waals surface area contributed by atoms with Crippen LogP contribution in [0.5, 0.6) is 0 Å². The number of furan rings is 1. The first kappa shape index (κ1) is 13.8. The molecule has 0 saturated carbocycles. The Bertz CT molecular complexity index is 608. The van der Waals surface area contributed by atoms with Crippen LogP contribution in [0.4, 0.5) is 11.4 Å². The Labute approximate surface area is 115 Å². The molecule has 0 aliphatic rings. The van der Waals surface area contributed by atoms with E-state index in [1.807, 2.05) is 13.0 Å². The van der Waals surface area contributed by atoms with Crippen molar-refractivity contribution in [2.45, 2.75) is 19.4 Å². The SMILES string of the molecule is CC(Cc1ccco1)Nc1ccc(C=O)cc1[N+](=O)[O-]. The summed E-state index contributed by atoms with van der Waals surface area (Å²) in [6, 6.07) is 7.95. The highest BCUT2D eigenvalue weighted by molar-refractivity contribution is 5.79. The van der Waals surface area contributed by atoms with Crippen molar-refractivity contribution < 1.29 is 14.1 Å². The molecule has 1 aromatic carbocycles. The second-order valence-corrected chi connectivity index (χ2v) is 4.48. The zero-order valence-corrected chi connectivity index (χ0v) is 10.9. The van der Waals surface area contributed by atoms with E-state index in [0.29, 0.717) is 18.4 Å². The van der Waals surface area contributed by atoms with Crippen molar-refractivity contribution in [1.29, 1.82) is 0 Å². The Kier molecular flexibility index (Phi) is 4.14. The quantitative estimate of drug-likeness (QED) is 0.497. The van der Waals surface area contributed by atoms with Crippen LogP contribution in [0, 0.1) is 10.1 Å². The largest absolute Gasteiger partial charge is 0.469 e. The number of rotatable bonds is 6. The van der Waals surface area contributed by atoms with Gasteiger partial charge in [-0.15, -0.1) is 0 Å². The highest BCUT2D eigenvalue weighted by Gasteiger charge is 2.16. The molecule has 2 aromatic rings. The predicted octanol–water partition coefficient (Wildman–Crippen LogP) is 3.04. The van der Waals surface area contributed by atoms with Crippen molar-refractivity contribution in [3.63, 3.8) is 0 Å². The summed E-state index contributed by atoms with van der Waals surface area (Å²) >= 11 is 0. The minimum Gasteiger partial charge on any atom is -0.469 e. The summed E-state index contributed by atoms with van der Waals surface area (Å²) in [4.78, 5) is 21.2. The lowest BCUT2D eigenvalue weighted by atomic mass is 10.1. The monoisotopic (exact) mass is 274 g/mol. The number of nitro benzene ring substituents is 1. The number of nitrogens with zero attached hydrogens (tertiary/aromatic N) is 1. The Hall–Kier alpha value is -2.63. The van der Waals surface area contributed by atoms with E-state index in [1.54, 1.807) is 24.5 Å². The van der Waals surface area contributed by atoms with Gasteiger partial charge in [0.25, 0.3) is 5.69 Å². The molecule has 0 radical (unpaired) electrons. The van der Waals surface area contributed by atoms with E-state index in [0.717, 1.165) is 5.76 Å². The molecular formula is C14H14N2O4. The minimum absolute atomic E-state index is 0.0399. The highest BCUT2D eigenvalue weighted by atomic mass is 16.6. The van der Waals surface area contributed by atoms with E-state index in [9.17, 15) is 14.9 Å². The van der Waals surface area contributed by atoms with Crippen molar-refractivity contribution in [3.8, 4) is 0 Å². The maximum absolute atomic E-state index is 11.0. The van der Waals surface area contributed by atoms with Crippen LogP contribution in [0.2, 0.25) is 0 Å². The van der Waals surface area contributed by atoms with Gasteiger partial charge in [-0.25, -0.2) is 0 Å². The average molecular weight is 274 g/mol. The molecule has 0 saturated heterocycles. The number of aldehydes is 1. The fourth-order valence-electron chi connectivity index (χ4n) is 1.94. The molecule has 1 heterocycles. The fraction of sp³-hybridized carbons (Fsp3) is 0.214. The molecule has 1 atom stereocenters. The first-order valence-corrected chi connectivity index (χ1v) is 6.12. The van der Waals surface area contributed by atoms with Gasteiger partial charge in [-0.2, -0.15) is 0 Å². The van der Waals surface area contributed by atoms with Gasteiger partial charge in [-0.1, -0.05) is 0 Å². The Balaban J connectivity index is 2.15. The number of nitro groups is 1.